The highest BCUT2D eigenvalue weighted by Gasteiger charge is 2.44. The number of hydrogen-bond donors (Lipinski definition) is 4. The van der Waals surface area contributed by atoms with Crippen molar-refractivity contribution in [2.24, 2.45) is 0 Å². The summed E-state index contributed by atoms with van der Waals surface area (Å²) in [5, 5.41) is 28.9. The predicted octanol–water partition coefficient (Wildman–Crippen LogP) is 2.26. The highest BCUT2D eigenvalue weighted by Crippen LogP contribution is 2.47. The van der Waals surface area contributed by atoms with Gasteiger partial charge in [-0.15, -0.1) is 0 Å². The van der Waals surface area contributed by atoms with Gasteiger partial charge in [-0.3, -0.25) is 14.9 Å². The highest BCUT2D eigenvalue weighted by atomic mass is 16.6. The molecular formula is C20H24N4O4. The Morgan fingerprint density at radius 2 is 1.86 bits per heavy atom. The molecule has 0 unspecified atom stereocenters. The molecule has 0 aliphatic heterocycles. The topological polar surface area (TPSA) is 117 Å². The Morgan fingerprint density at radius 3 is 2.50 bits per heavy atom. The lowest BCUT2D eigenvalue weighted by Gasteiger charge is -2.17. The summed E-state index contributed by atoms with van der Waals surface area (Å²) < 4.78 is 0. The van der Waals surface area contributed by atoms with Crippen LogP contribution in [0.3, 0.4) is 0 Å². The average molecular weight is 384 g/mol. The molecule has 0 radical (unpaired) electrons. The molecule has 8 heteroatoms. The molecule has 2 aromatic carbocycles. The van der Waals surface area contributed by atoms with Gasteiger partial charge < -0.3 is 21.1 Å². The van der Waals surface area contributed by atoms with Gasteiger partial charge in [0.25, 0.3) is 5.69 Å². The Bertz CT molecular complexity index is 837. The van der Waals surface area contributed by atoms with Crippen LogP contribution in [0, 0.1) is 10.1 Å². The van der Waals surface area contributed by atoms with Crippen molar-refractivity contribution >= 4 is 23.0 Å². The van der Waals surface area contributed by atoms with Crippen LogP contribution >= 0.6 is 0 Å². The fourth-order valence-electron chi connectivity index (χ4n) is 3.15. The lowest BCUT2D eigenvalue weighted by Crippen LogP contribution is -2.36. The molecule has 0 bridgehead atoms. The summed E-state index contributed by atoms with van der Waals surface area (Å²) in [4.78, 5) is 22.8. The number of non-ortho nitro benzene ring substituents is 1. The molecule has 1 fully saturated rings. The molecule has 0 saturated heterocycles. The van der Waals surface area contributed by atoms with Gasteiger partial charge in [-0.1, -0.05) is 30.3 Å². The number of nitro groups is 1. The summed E-state index contributed by atoms with van der Waals surface area (Å²) >= 11 is 0. The van der Waals surface area contributed by atoms with Crippen LogP contribution in [0.4, 0.5) is 17.1 Å². The molecular weight excluding hydrogens is 360 g/mol. The number of carbonyl (C=O) groups is 1. The van der Waals surface area contributed by atoms with E-state index in [9.17, 15) is 14.9 Å². The van der Waals surface area contributed by atoms with Crippen molar-refractivity contribution in [2.75, 3.05) is 36.9 Å². The molecule has 1 aliphatic carbocycles. The minimum atomic E-state index is -0.488. The van der Waals surface area contributed by atoms with Crippen LogP contribution in [0.25, 0.3) is 0 Å². The second-order valence-electron chi connectivity index (χ2n) is 6.91. The van der Waals surface area contributed by atoms with Crippen LogP contribution in [-0.2, 0) is 10.2 Å². The quantitative estimate of drug-likeness (QED) is 0.369. The van der Waals surface area contributed by atoms with Gasteiger partial charge in [0.15, 0.2) is 0 Å². The number of rotatable bonds is 10. The molecule has 0 atom stereocenters. The summed E-state index contributed by atoms with van der Waals surface area (Å²) in [7, 11) is 0. The van der Waals surface area contributed by atoms with E-state index >= 15 is 0 Å². The zero-order valence-electron chi connectivity index (χ0n) is 15.5. The largest absolute Gasteiger partial charge is 0.395 e. The molecule has 8 nitrogen and oxygen atoms in total. The van der Waals surface area contributed by atoms with Crippen molar-refractivity contribution in [3.05, 3.63) is 64.2 Å². The van der Waals surface area contributed by atoms with Crippen LogP contribution in [0.5, 0.6) is 0 Å². The normalized spacial score (nSPS) is 14.2. The predicted molar refractivity (Wildman–Crippen MR) is 108 cm³/mol. The zero-order valence-corrected chi connectivity index (χ0v) is 15.5. The van der Waals surface area contributed by atoms with E-state index in [2.05, 4.69) is 28.1 Å². The van der Waals surface area contributed by atoms with E-state index in [0.717, 1.165) is 12.8 Å². The van der Waals surface area contributed by atoms with Crippen molar-refractivity contribution in [1.82, 2.24) is 5.32 Å². The summed E-state index contributed by atoms with van der Waals surface area (Å²) in [6.45, 7) is 0.804. The molecule has 0 heterocycles. The van der Waals surface area contributed by atoms with Gasteiger partial charge in [0.2, 0.25) is 5.91 Å². The van der Waals surface area contributed by atoms with E-state index in [1.165, 1.54) is 17.7 Å². The monoisotopic (exact) mass is 384 g/mol. The Labute approximate surface area is 163 Å². The summed E-state index contributed by atoms with van der Waals surface area (Å²) in [5.41, 5.74) is 2.23. The number of nitrogens with zero attached hydrogens (tertiary/aromatic N) is 1. The van der Waals surface area contributed by atoms with Gasteiger partial charge in [0.05, 0.1) is 29.4 Å². The lowest BCUT2D eigenvalue weighted by molar-refractivity contribution is -0.384. The molecule has 3 rings (SSSR count). The van der Waals surface area contributed by atoms with Crippen LogP contribution in [-0.4, -0.2) is 42.2 Å². The van der Waals surface area contributed by atoms with Crippen LogP contribution in [0.2, 0.25) is 0 Å². The van der Waals surface area contributed by atoms with Crippen LogP contribution in [0.1, 0.15) is 18.4 Å². The van der Waals surface area contributed by atoms with E-state index in [1.54, 1.807) is 6.07 Å². The maximum atomic E-state index is 12.3. The van der Waals surface area contributed by atoms with Crippen LogP contribution in [0.15, 0.2) is 48.5 Å². The third kappa shape index (κ3) is 4.77. The number of anilines is 2. The number of hydrogen-bond acceptors (Lipinski definition) is 6. The fourth-order valence-corrected chi connectivity index (χ4v) is 3.15. The second kappa shape index (κ2) is 8.71. The first-order chi connectivity index (χ1) is 13.5. The maximum Gasteiger partial charge on any atom is 0.271 e. The number of nitrogens with one attached hydrogen (secondary N) is 3. The number of aliphatic hydroxyl groups is 1. The number of benzene rings is 2. The molecule has 1 saturated carbocycles. The van der Waals surface area contributed by atoms with Crippen molar-refractivity contribution in [3.8, 4) is 0 Å². The average Bonchev–Trinajstić information content (AvgIpc) is 3.51. The number of carbonyl (C=O) groups excluding carboxylic acids is 1. The lowest BCUT2D eigenvalue weighted by atomic mass is 9.96. The van der Waals surface area contributed by atoms with E-state index in [1.807, 2.05) is 18.2 Å². The minimum absolute atomic E-state index is 0.000156. The molecule has 0 aromatic heterocycles. The first kappa shape index (κ1) is 19.6. The van der Waals surface area contributed by atoms with E-state index < -0.39 is 4.92 Å². The standard InChI is InChI=1S/C20H24N4O4/c25-11-10-21-17-7-6-16(24(27)28)12-18(17)22-13-19(26)23-14-20(8-9-20)15-4-2-1-3-5-15/h1-7,12,21-22,25H,8-11,13-14H2,(H,23,26). The van der Waals surface area contributed by atoms with Crippen molar-refractivity contribution in [3.63, 3.8) is 0 Å². The van der Waals surface area contributed by atoms with Crippen molar-refractivity contribution < 1.29 is 14.8 Å². The molecule has 4 N–H and O–H groups in total. The molecule has 28 heavy (non-hydrogen) atoms. The van der Waals surface area contributed by atoms with Gasteiger partial charge >= 0.3 is 0 Å². The minimum Gasteiger partial charge on any atom is -0.395 e. The summed E-state index contributed by atoms with van der Waals surface area (Å²) in [6, 6.07) is 14.5. The third-order valence-electron chi connectivity index (χ3n) is 4.94. The SMILES string of the molecule is O=C(CNc1cc([N+](=O)[O-])ccc1NCCO)NCC1(c2ccccc2)CC1. The molecule has 2 aromatic rings. The van der Waals surface area contributed by atoms with Gasteiger partial charge in [-0.05, 0) is 24.5 Å². The smallest absolute Gasteiger partial charge is 0.271 e. The first-order valence-corrected chi connectivity index (χ1v) is 9.23. The van der Waals surface area contributed by atoms with Gasteiger partial charge in [0, 0.05) is 30.6 Å². The Balaban J connectivity index is 1.58. The van der Waals surface area contributed by atoms with Gasteiger partial charge in [-0.2, -0.15) is 0 Å². The van der Waals surface area contributed by atoms with Crippen molar-refractivity contribution in [2.45, 2.75) is 18.3 Å². The van der Waals surface area contributed by atoms with E-state index in [-0.39, 0.29) is 30.2 Å². The maximum absolute atomic E-state index is 12.3. The molecule has 0 spiro atoms. The third-order valence-corrected chi connectivity index (χ3v) is 4.94. The molecule has 1 aliphatic rings. The van der Waals surface area contributed by atoms with Crippen LogP contribution < -0.4 is 16.0 Å². The Morgan fingerprint density at radius 1 is 1.11 bits per heavy atom. The number of aliphatic hydroxyl groups excluding tert-OH is 1. The summed E-state index contributed by atoms with van der Waals surface area (Å²) in [6.07, 6.45) is 2.09. The van der Waals surface area contributed by atoms with Crippen molar-refractivity contribution in [1.29, 1.82) is 0 Å². The highest BCUT2D eigenvalue weighted by molar-refractivity contribution is 5.83. The second-order valence-corrected chi connectivity index (χ2v) is 6.91. The fraction of sp³-hybridized carbons (Fsp3) is 0.350. The van der Waals surface area contributed by atoms with E-state index in [4.69, 9.17) is 5.11 Å². The van der Waals surface area contributed by atoms with E-state index in [0.29, 0.717) is 24.5 Å². The number of nitro benzene ring substituents is 1. The summed E-state index contributed by atoms with van der Waals surface area (Å²) in [5.74, 6) is -0.179. The molecule has 148 valence electrons. The Kier molecular flexibility index (Phi) is 6.10. The first-order valence-electron chi connectivity index (χ1n) is 9.23. The Hall–Kier alpha value is -3.13. The van der Waals surface area contributed by atoms with Gasteiger partial charge in [0.1, 0.15) is 0 Å². The number of amides is 1. The zero-order chi connectivity index (χ0) is 20.0. The van der Waals surface area contributed by atoms with Gasteiger partial charge in [-0.25, -0.2) is 0 Å². The molecule has 1 amide bonds.